The highest BCUT2D eigenvalue weighted by Crippen LogP contribution is 2.40. The summed E-state index contributed by atoms with van der Waals surface area (Å²) in [5.74, 6) is 0.634. The van der Waals surface area contributed by atoms with E-state index in [1.165, 1.54) is 35.9 Å². The van der Waals surface area contributed by atoms with Gasteiger partial charge in [0, 0.05) is 38.1 Å². The van der Waals surface area contributed by atoms with Gasteiger partial charge in [-0.2, -0.15) is 4.37 Å². The summed E-state index contributed by atoms with van der Waals surface area (Å²) in [6, 6.07) is 4.72. The molecule has 0 spiro atoms. The molecule has 0 radical (unpaired) electrons. The molecule has 2 fully saturated rings. The van der Waals surface area contributed by atoms with Crippen LogP contribution in [0.2, 0.25) is 0 Å². The van der Waals surface area contributed by atoms with Crippen LogP contribution in [0.4, 0.5) is 10.8 Å². The second kappa shape index (κ2) is 5.27. The number of hydrogen-bond donors (Lipinski definition) is 1. The van der Waals surface area contributed by atoms with E-state index in [0.29, 0.717) is 11.9 Å². The van der Waals surface area contributed by atoms with Gasteiger partial charge in [-0.1, -0.05) is 0 Å². The van der Waals surface area contributed by atoms with Crippen LogP contribution in [-0.4, -0.2) is 46.5 Å². The smallest absolute Gasteiger partial charge is 0.147 e. The van der Waals surface area contributed by atoms with Crippen molar-refractivity contribution in [3.63, 3.8) is 0 Å². The third-order valence-corrected chi connectivity index (χ3v) is 5.47. The molecule has 4 rings (SSSR count). The van der Waals surface area contributed by atoms with Crippen LogP contribution in [0.25, 0.3) is 11.1 Å². The molecule has 2 aliphatic rings. The van der Waals surface area contributed by atoms with Gasteiger partial charge in [-0.05, 0) is 48.6 Å². The molecule has 110 valence electrons. The topological polar surface area (TPSA) is 58.3 Å². The van der Waals surface area contributed by atoms with Crippen molar-refractivity contribution in [2.75, 3.05) is 36.8 Å². The van der Waals surface area contributed by atoms with E-state index in [4.69, 9.17) is 5.73 Å². The fraction of sp³-hybridized carbons (Fsp3) is 0.467. The zero-order chi connectivity index (χ0) is 14.2. The molecular weight excluding hydrogens is 282 g/mol. The molecule has 2 saturated heterocycles. The second-order valence-corrected chi connectivity index (χ2v) is 6.51. The summed E-state index contributed by atoms with van der Waals surface area (Å²) < 4.78 is 4.40. The maximum absolute atomic E-state index is 6.13. The number of aromatic nitrogens is 2. The molecule has 2 aromatic rings. The Labute approximate surface area is 128 Å². The lowest BCUT2D eigenvalue weighted by atomic mass is 10.1. The number of rotatable bonds is 2. The highest BCUT2D eigenvalue weighted by Gasteiger charge is 2.32. The summed E-state index contributed by atoms with van der Waals surface area (Å²) in [4.78, 5) is 9.18. The van der Waals surface area contributed by atoms with Crippen LogP contribution < -0.4 is 10.6 Å². The Morgan fingerprint density at radius 3 is 2.90 bits per heavy atom. The van der Waals surface area contributed by atoms with E-state index in [1.807, 2.05) is 24.5 Å². The van der Waals surface area contributed by atoms with Crippen molar-refractivity contribution in [2.45, 2.75) is 18.9 Å². The quantitative estimate of drug-likeness (QED) is 0.920. The first-order valence-corrected chi connectivity index (χ1v) is 8.25. The normalized spacial score (nSPS) is 22.5. The Morgan fingerprint density at radius 2 is 2.05 bits per heavy atom. The number of nitrogens with zero attached hydrogens (tertiary/aromatic N) is 4. The lowest BCUT2D eigenvalue weighted by Gasteiger charge is -2.38. The zero-order valence-electron chi connectivity index (χ0n) is 11.9. The van der Waals surface area contributed by atoms with E-state index < -0.39 is 0 Å². The maximum Gasteiger partial charge on any atom is 0.147 e. The first-order valence-electron chi connectivity index (χ1n) is 7.47. The largest absolute Gasteiger partial charge is 0.382 e. The van der Waals surface area contributed by atoms with Gasteiger partial charge in [-0.3, -0.25) is 9.88 Å². The third kappa shape index (κ3) is 2.28. The summed E-state index contributed by atoms with van der Waals surface area (Å²) in [5, 5.41) is 1.21. The van der Waals surface area contributed by atoms with Crippen LogP contribution in [-0.2, 0) is 0 Å². The maximum atomic E-state index is 6.13. The minimum atomic E-state index is 0.634. The third-order valence-electron chi connectivity index (χ3n) is 4.54. The lowest BCUT2D eigenvalue weighted by Crippen LogP contribution is -2.50. The number of nitrogens with two attached hydrogens (primary N) is 1. The fourth-order valence-electron chi connectivity index (χ4n) is 3.47. The molecule has 0 aliphatic carbocycles. The highest BCUT2D eigenvalue weighted by atomic mass is 32.1. The summed E-state index contributed by atoms with van der Waals surface area (Å²) in [6.45, 7) is 4.58. The van der Waals surface area contributed by atoms with Gasteiger partial charge in [-0.15, -0.1) is 0 Å². The van der Waals surface area contributed by atoms with Gasteiger partial charge in [0.15, 0.2) is 0 Å². The predicted octanol–water partition coefficient (Wildman–Crippen LogP) is 2.07. The molecule has 2 N–H and O–H groups in total. The van der Waals surface area contributed by atoms with E-state index >= 15 is 0 Å². The Morgan fingerprint density at radius 1 is 1.19 bits per heavy atom. The zero-order valence-corrected chi connectivity index (χ0v) is 12.7. The highest BCUT2D eigenvalue weighted by molar-refractivity contribution is 7.11. The molecule has 1 atom stereocenters. The van der Waals surface area contributed by atoms with Gasteiger partial charge in [0.2, 0.25) is 0 Å². The molecule has 21 heavy (non-hydrogen) atoms. The molecule has 4 heterocycles. The summed E-state index contributed by atoms with van der Waals surface area (Å²) in [6.07, 6.45) is 6.27. The van der Waals surface area contributed by atoms with E-state index in [1.54, 1.807) is 0 Å². The molecule has 0 saturated carbocycles. The SMILES string of the molecule is Nc1nsc(N2CCN3CCCC3C2)c1-c1ccncc1. The average Bonchev–Trinajstić information content (AvgIpc) is 3.13. The molecule has 5 nitrogen and oxygen atoms in total. The van der Waals surface area contributed by atoms with Gasteiger partial charge < -0.3 is 10.6 Å². The molecule has 1 unspecified atom stereocenters. The summed E-state index contributed by atoms with van der Waals surface area (Å²) in [7, 11) is 0. The first kappa shape index (κ1) is 13.0. The van der Waals surface area contributed by atoms with Gasteiger partial charge >= 0.3 is 0 Å². The Balaban J connectivity index is 1.67. The van der Waals surface area contributed by atoms with E-state index in [9.17, 15) is 0 Å². The van der Waals surface area contributed by atoms with Crippen molar-refractivity contribution in [2.24, 2.45) is 0 Å². The average molecular weight is 301 g/mol. The minimum Gasteiger partial charge on any atom is -0.382 e. The molecule has 0 aromatic carbocycles. The van der Waals surface area contributed by atoms with Crippen molar-refractivity contribution < 1.29 is 0 Å². The van der Waals surface area contributed by atoms with Crippen LogP contribution in [0.5, 0.6) is 0 Å². The monoisotopic (exact) mass is 301 g/mol. The summed E-state index contributed by atoms with van der Waals surface area (Å²) >= 11 is 1.52. The van der Waals surface area contributed by atoms with E-state index in [-0.39, 0.29) is 0 Å². The van der Waals surface area contributed by atoms with Gasteiger partial charge in [-0.25, -0.2) is 0 Å². The van der Waals surface area contributed by atoms with Gasteiger partial charge in [0.05, 0.1) is 5.56 Å². The van der Waals surface area contributed by atoms with Gasteiger partial charge in [0.1, 0.15) is 10.8 Å². The number of piperazine rings is 1. The predicted molar refractivity (Wildman–Crippen MR) is 86.6 cm³/mol. The first-order chi connectivity index (χ1) is 10.3. The Hall–Kier alpha value is -1.66. The van der Waals surface area contributed by atoms with Crippen LogP contribution in [0, 0.1) is 0 Å². The Kier molecular flexibility index (Phi) is 3.27. The molecular formula is C15H19N5S. The van der Waals surface area contributed by atoms with Crippen LogP contribution in [0.1, 0.15) is 12.8 Å². The molecule has 0 bridgehead atoms. The number of nitrogen functional groups attached to an aromatic ring is 1. The second-order valence-electron chi connectivity index (χ2n) is 5.76. The molecule has 2 aliphatic heterocycles. The van der Waals surface area contributed by atoms with Crippen molar-refractivity contribution in [1.29, 1.82) is 0 Å². The van der Waals surface area contributed by atoms with E-state index in [0.717, 1.165) is 30.8 Å². The number of pyridine rings is 1. The van der Waals surface area contributed by atoms with Crippen molar-refractivity contribution in [1.82, 2.24) is 14.3 Å². The van der Waals surface area contributed by atoms with Crippen LogP contribution in [0.3, 0.4) is 0 Å². The molecule has 2 aromatic heterocycles. The van der Waals surface area contributed by atoms with Crippen molar-refractivity contribution in [3.05, 3.63) is 24.5 Å². The van der Waals surface area contributed by atoms with Gasteiger partial charge in [0.25, 0.3) is 0 Å². The van der Waals surface area contributed by atoms with Crippen LogP contribution in [0.15, 0.2) is 24.5 Å². The molecule has 6 heteroatoms. The standard InChI is InChI=1S/C15H19N5S/c16-14-13(11-3-5-17-6-4-11)15(21-18-14)20-9-8-19-7-1-2-12(19)10-20/h3-6,12H,1-2,7-10H2,(H2,16,18). The lowest BCUT2D eigenvalue weighted by molar-refractivity contribution is 0.231. The van der Waals surface area contributed by atoms with Crippen LogP contribution >= 0.6 is 11.5 Å². The van der Waals surface area contributed by atoms with E-state index in [2.05, 4.69) is 19.2 Å². The molecule has 0 amide bonds. The number of anilines is 2. The van der Waals surface area contributed by atoms with Crippen molar-refractivity contribution >= 4 is 22.4 Å². The number of hydrogen-bond acceptors (Lipinski definition) is 6. The fourth-order valence-corrected chi connectivity index (χ4v) is 4.35. The summed E-state index contributed by atoms with van der Waals surface area (Å²) in [5.41, 5.74) is 8.32. The minimum absolute atomic E-state index is 0.634. The number of fused-ring (bicyclic) bond motifs is 1. The Bertz CT molecular complexity index is 626. The van der Waals surface area contributed by atoms with Crippen molar-refractivity contribution in [3.8, 4) is 11.1 Å².